The van der Waals surface area contributed by atoms with Crippen molar-refractivity contribution < 1.29 is 14.6 Å². The minimum absolute atomic E-state index is 0.0263. The number of nitrogens with one attached hydrogen (secondary N) is 1. The molecular formula is C18H18N4O3. The van der Waals surface area contributed by atoms with Gasteiger partial charge in [0, 0.05) is 11.6 Å². The number of aromatic nitrogens is 4. The Bertz CT molecular complexity index is 900. The third kappa shape index (κ3) is 3.17. The van der Waals surface area contributed by atoms with E-state index in [0.717, 1.165) is 36.6 Å². The van der Waals surface area contributed by atoms with Crippen LogP contribution in [0.3, 0.4) is 0 Å². The molecule has 25 heavy (non-hydrogen) atoms. The molecule has 3 aromatic rings. The lowest BCUT2D eigenvalue weighted by atomic mass is 9.82. The van der Waals surface area contributed by atoms with Crippen LogP contribution in [0.1, 0.15) is 47.7 Å². The van der Waals surface area contributed by atoms with Crippen molar-refractivity contribution in [1.29, 1.82) is 0 Å². The SMILES string of the molecule is O=C(O)c1[nH]nnc1O[C@H]1CC[C@H](c2ccc3ncccc3c2)CC1. The predicted molar refractivity (Wildman–Crippen MR) is 90.7 cm³/mol. The zero-order valence-electron chi connectivity index (χ0n) is 13.6. The summed E-state index contributed by atoms with van der Waals surface area (Å²) in [6, 6.07) is 10.5. The van der Waals surface area contributed by atoms with E-state index in [1.807, 2.05) is 6.07 Å². The Morgan fingerprint density at radius 2 is 2.04 bits per heavy atom. The number of nitrogens with zero attached hydrogens (tertiary/aromatic N) is 3. The van der Waals surface area contributed by atoms with Gasteiger partial charge < -0.3 is 9.84 Å². The molecule has 0 spiro atoms. The summed E-state index contributed by atoms with van der Waals surface area (Å²) in [6.07, 6.45) is 5.50. The smallest absolute Gasteiger partial charge is 0.359 e. The van der Waals surface area contributed by atoms with Crippen LogP contribution in [0.4, 0.5) is 0 Å². The fraction of sp³-hybridized carbons (Fsp3) is 0.333. The number of aromatic carboxylic acids is 1. The molecule has 0 bridgehead atoms. The average molecular weight is 338 g/mol. The Morgan fingerprint density at radius 3 is 2.84 bits per heavy atom. The zero-order chi connectivity index (χ0) is 17.2. The topological polar surface area (TPSA) is 101 Å². The molecule has 7 heteroatoms. The molecule has 4 rings (SSSR count). The maximum absolute atomic E-state index is 11.1. The van der Waals surface area contributed by atoms with Gasteiger partial charge in [0.2, 0.25) is 5.69 Å². The summed E-state index contributed by atoms with van der Waals surface area (Å²) in [5, 5.41) is 19.8. The lowest BCUT2D eigenvalue weighted by Crippen LogP contribution is -2.24. The van der Waals surface area contributed by atoms with Crippen molar-refractivity contribution in [2.45, 2.75) is 37.7 Å². The molecule has 0 unspecified atom stereocenters. The van der Waals surface area contributed by atoms with Crippen molar-refractivity contribution in [3.63, 3.8) is 0 Å². The van der Waals surface area contributed by atoms with Crippen LogP contribution in [0, 0.1) is 0 Å². The van der Waals surface area contributed by atoms with Crippen LogP contribution in [0.25, 0.3) is 10.9 Å². The van der Waals surface area contributed by atoms with E-state index in [1.165, 1.54) is 5.56 Å². The molecule has 1 saturated carbocycles. The molecule has 2 aromatic heterocycles. The van der Waals surface area contributed by atoms with Crippen molar-refractivity contribution in [3.05, 3.63) is 47.8 Å². The van der Waals surface area contributed by atoms with Crippen molar-refractivity contribution in [1.82, 2.24) is 20.4 Å². The van der Waals surface area contributed by atoms with Gasteiger partial charge in [-0.05, 0) is 55.4 Å². The molecule has 1 aliphatic rings. The number of fused-ring (bicyclic) bond motifs is 1. The highest BCUT2D eigenvalue weighted by molar-refractivity contribution is 5.87. The molecule has 0 saturated heterocycles. The van der Waals surface area contributed by atoms with Crippen molar-refractivity contribution in [2.24, 2.45) is 0 Å². The summed E-state index contributed by atoms with van der Waals surface area (Å²) < 4.78 is 5.75. The van der Waals surface area contributed by atoms with Gasteiger partial charge in [0.15, 0.2) is 0 Å². The number of benzene rings is 1. The third-order valence-electron chi connectivity index (χ3n) is 4.78. The van der Waals surface area contributed by atoms with E-state index in [0.29, 0.717) is 5.92 Å². The van der Waals surface area contributed by atoms with E-state index in [-0.39, 0.29) is 17.7 Å². The summed E-state index contributed by atoms with van der Waals surface area (Å²) in [6.45, 7) is 0. The Hall–Kier alpha value is -2.96. The number of carboxylic acids is 1. The largest absolute Gasteiger partial charge is 0.476 e. The number of carbonyl (C=O) groups is 1. The molecule has 0 radical (unpaired) electrons. The van der Waals surface area contributed by atoms with Crippen LogP contribution in [0.5, 0.6) is 5.88 Å². The minimum Gasteiger partial charge on any atom is -0.476 e. The molecule has 1 aromatic carbocycles. The van der Waals surface area contributed by atoms with Gasteiger partial charge in [0.1, 0.15) is 6.10 Å². The van der Waals surface area contributed by atoms with E-state index < -0.39 is 5.97 Å². The van der Waals surface area contributed by atoms with E-state index in [9.17, 15) is 4.79 Å². The normalized spacial score (nSPS) is 20.5. The van der Waals surface area contributed by atoms with Crippen molar-refractivity contribution in [2.75, 3.05) is 0 Å². The van der Waals surface area contributed by atoms with E-state index in [1.54, 1.807) is 6.20 Å². The molecular weight excluding hydrogens is 320 g/mol. The molecule has 1 aliphatic carbocycles. The Labute approximate surface area is 144 Å². The predicted octanol–water partition coefficient (Wildman–Crippen LogP) is 3.16. The molecule has 7 nitrogen and oxygen atoms in total. The molecule has 2 N–H and O–H groups in total. The van der Waals surface area contributed by atoms with Gasteiger partial charge in [-0.3, -0.25) is 4.98 Å². The number of pyridine rings is 1. The number of ether oxygens (including phenoxy) is 1. The summed E-state index contributed by atoms with van der Waals surface area (Å²) in [7, 11) is 0. The Morgan fingerprint density at radius 1 is 1.20 bits per heavy atom. The highest BCUT2D eigenvalue weighted by Crippen LogP contribution is 2.35. The maximum atomic E-state index is 11.1. The molecule has 2 heterocycles. The highest BCUT2D eigenvalue weighted by Gasteiger charge is 2.26. The number of aromatic amines is 1. The summed E-state index contributed by atoms with van der Waals surface area (Å²) in [5.74, 6) is -0.549. The zero-order valence-corrected chi connectivity index (χ0v) is 13.6. The second-order valence-electron chi connectivity index (χ2n) is 6.34. The van der Waals surface area contributed by atoms with E-state index in [4.69, 9.17) is 9.84 Å². The van der Waals surface area contributed by atoms with Gasteiger partial charge in [0.05, 0.1) is 5.52 Å². The number of hydrogen-bond donors (Lipinski definition) is 2. The van der Waals surface area contributed by atoms with Crippen LogP contribution < -0.4 is 4.74 Å². The summed E-state index contributed by atoms with van der Waals surface area (Å²) in [5.41, 5.74) is 2.24. The molecule has 0 aliphatic heterocycles. The molecule has 128 valence electrons. The van der Waals surface area contributed by atoms with Crippen LogP contribution in [0.15, 0.2) is 36.5 Å². The van der Waals surface area contributed by atoms with E-state index >= 15 is 0 Å². The molecule has 0 amide bonds. The van der Waals surface area contributed by atoms with Gasteiger partial charge in [-0.15, -0.1) is 0 Å². The summed E-state index contributed by atoms with van der Waals surface area (Å²) >= 11 is 0. The first-order valence-corrected chi connectivity index (χ1v) is 8.36. The standard InChI is InChI=1S/C18H18N4O3/c23-18(24)16-17(21-22-20-16)25-14-6-3-11(4-7-14)12-5-8-15-13(10-12)2-1-9-19-15/h1-2,5,8-11,14H,3-4,6-7H2,(H,23,24)(H,20,21,22)/t11-,14-. The van der Waals surface area contributed by atoms with Gasteiger partial charge in [-0.2, -0.15) is 0 Å². The Balaban J connectivity index is 1.42. The van der Waals surface area contributed by atoms with Gasteiger partial charge in [-0.1, -0.05) is 22.4 Å². The quantitative estimate of drug-likeness (QED) is 0.758. The first kappa shape index (κ1) is 15.6. The summed E-state index contributed by atoms with van der Waals surface area (Å²) in [4.78, 5) is 15.4. The first-order valence-electron chi connectivity index (χ1n) is 8.36. The molecule has 1 fully saturated rings. The van der Waals surface area contributed by atoms with Gasteiger partial charge in [0.25, 0.3) is 5.88 Å². The van der Waals surface area contributed by atoms with Crippen LogP contribution in [-0.2, 0) is 0 Å². The number of hydrogen-bond acceptors (Lipinski definition) is 5. The van der Waals surface area contributed by atoms with Crippen molar-refractivity contribution >= 4 is 16.9 Å². The lowest BCUT2D eigenvalue weighted by molar-refractivity contribution is 0.0678. The maximum Gasteiger partial charge on any atom is 0.359 e. The molecule has 0 atom stereocenters. The Kier molecular flexibility index (Phi) is 4.05. The van der Waals surface area contributed by atoms with Crippen LogP contribution in [-0.4, -0.2) is 37.6 Å². The fourth-order valence-corrected chi connectivity index (χ4v) is 3.46. The first-order chi connectivity index (χ1) is 12.2. The van der Waals surface area contributed by atoms with Crippen molar-refractivity contribution in [3.8, 4) is 5.88 Å². The van der Waals surface area contributed by atoms with Crippen LogP contribution >= 0.6 is 0 Å². The van der Waals surface area contributed by atoms with Gasteiger partial charge >= 0.3 is 5.97 Å². The number of rotatable bonds is 4. The van der Waals surface area contributed by atoms with E-state index in [2.05, 4.69) is 44.7 Å². The average Bonchev–Trinajstić information content (AvgIpc) is 3.10. The third-order valence-corrected chi connectivity index (χ3v) is 4.78. The lowest BCUT2D eigenvalue weighted by Gasteiger charge is -2.28. The number of H-pyrrole nitrogens is 1. The van der Waals surface area contributed by atoms with Gasteiger partial charge in [-0.25, -0.2) is 9.89 Å². The second kappa shape index (κ2) is 6.51. The fourth-order valence-electron chi connectivity index (χ4n) is 3.46. The number of carboxylic acid groups (broad SMARTS) is 1. The van der Waals surface area contributed by atoms with Crippen LogP contribution in [0.2, 0.25) is 0 Å². The minimum atomic E-state index is -1.11. The monoisotopic (exact) mass is 338 g/mol. The second-order valence-corrected chi connectivity index (χ2v) is 6.34. The highest BCUT2D eigenvalue weighted by atomic mass is 16.5.